The van der Waals surface area contributed by atoms with E-state index in [0.717, 1.165) is 8.78 Å². The maximum atomic E-state index is 14.0. The lowest BCUT2D eigenvalue weighted by Gasteiger charge is -2.33. The van der Waals surface area contributed by atoms with Crippen LogP contribution in [0.1, 0.15) is 32.8 Å². The number of hydrogen-bond acceptors (Lipinski definition) is 4. The highest BCUT2D eigenvalue weighted by Crippen LogP contribution is 2.27. The molecule has 11 heteroatoms. The van der Waals surface area contributed by atoms with E-state index in [1.165, 1.54) is 17.0 Å². The van der Waals surface area contributed by atoms with Gasteiger partial charge < -0.3 is 10.2 Å². The number of nitrogens with one attached hydrogen (secondary N) is 1. The highest BCUT2D eigenvalue weighted by atomic mass is 79.9. The Morgan fingerprint density at radius 1 is 0.974 bits per heavy atom. The zero-order valence-corrected chi connectivity index (χ0v) is 25.7. The van der Waals surface area contributed by atoms with Gasteiger partial charge in [0.05, 0.1) is 10.6 Å². The predicted octanol–water partition coefficient (Wildman–Crippen LogP) is 6.28. The molecule has 39 heavy (non-hydrogen) atoms. The molecule has 1 N–H and O–H groups in total. The summed E-state index contributed by atoms with van der Waals surface area (Å²) in [5, 5.41) is 3.63. The normalized spacial score (nSPS) is 12.2. The zero-order chi connectivity index (χ0) is 28.7. The van der Waals surface area contributed by atoms with E-state index in [1.807, 2.05) is 13.8 Å². The Kier molecular flexibility index (Phi) is 10.8. The standard InChI is InChI=1S/C28H30BrCl2N3O4S/c1-4-26(28(36)32-19(2)3)33(17-20-10-13-22(30)16-25(20)31)27(35)18-34(23-14-11-21(29)12-15-23)39(37,38)24-8-6-5-7-9-24/h5-16,19,26H,4,17-18H2,1-3H3,(H,32,36)/t26-/m1/s1. The van der Waals surface area contributed by atoms with Gasteiger partial charge in [0.2, 0.25) is 11.8 Å². The van der Waals surface area contributed by atoms with Crippen LogP contribution in [0.25, 0.3) is 0 Å². The second-order valence-corrected chi connectivity index (χ2v) is 12.8. The summed E-state index contributed by atoms with van der Waals surface area (Å²) < 4.78 is 29.4. The van der Waals surface area contributed by atoms with Gasteiger partial charge in [-0.25, -0.2) is 8.42 Å². The molecule has 0 fully saturated rings. The van der Waals surface area contributed by atoms with Crippen molar-refractivity contribution in [2.45, 2.75) is 50.7 Å². The van der Waals surface area contributed by atoms with Crippen molar-refractivity contribution in [1.29, 1.82) is 0 Å². The first-order chi connectivity index (χ1) is 18.4. The number of anilines is 1. The molecule has 3 rings (SSSR count). The molecule has 3 aromatic rings. The van der Waals surface area contributed by atoms with Crippen molar-refractivity contribution >= 4 is 66.7 Å². The second-order valence-electron chi connectivity index (χ2n) is 9.15. The lowest BCUT2D eigenvalue weighted by molar-refractivity contribution is -0.140. The number of sulfonamides is 1. The van der Waals surface area contributed by atoms with Crippen molar-refractivity contribution in [3.63, 3.8) is 0 Å². The minimum absolute atomic E-state index is 0.0155. The molecular formula is C28H30BrCl2N3O4S. The molecule has 0 saturated carbocycles. The lowest BCUT2D eigenvalue weighted by atomic mass is 10.1. The van der Waals surface area contributed by atoms with Crippen molar-refractivity contribution in [2.75, 3.05) is 10.8 Å². The number of benzene rings is 3. The first-order valence-electron chi connectivity index (χ1n) is 12.3. The zero-order valence-electron chi connectivity index (χ0n) is 21.8. The summed E-state index contributed by atoms with van der Waals surface area (Å²) in [5.41, 5.74) is 0.880. The van der Waals surface area contributed by atoms with Crippen LogP contribution in [0.3, 0.4) is 0 Å². The topological polar surface area (TPSA) is 86.8 Å². The van der Waals surface area contributed by atoms with Crippen molar-refractivity contribution in [1.82, 2.24) is 10.2 Å². The first-order valence-corrected chi connectivity index (χ1v) is 15.3. The highest BCUT2D eigenvalue weighted by molar-refractivity contribution is 9.10. The Morgan fingerprint density at radius 2 is 1.62 bits per heavy atom. The van der Waals surface area contributed by atoms with Gasteiger partial charge in [-0.05, 0) is 74.4 Å². The molecule has 0 unspecified atom stereocenters. The van der Waals surface area contributed by atoms with Crippen LogP contribution < -0.4 is 9.62 Å². The van der Waals surface area contributed by atoms with Gasteiger partial charge >= 0.3 is 0 Å². The minimum Gasteiger partial charge on any atom is -0.352 e. The predicted molar refractivity (Wildman–Crippen MR) is 159 cm³/mol. The summed E-state index contributed by atoms with van der Waals surface area (Å²) in [7, 11) is -4.13. The molecule has 0 aromatic heterocycles. The summed E-state index contributed by atoms with van der Waals surface area (Å²) in [5.74, 6) is -0.902. The van der Waals surface area contributed by atoms with E-state index < -0.39 is 28.5 Å². The van der Waals surface area contributed by atoms with E-state index in [-0.39, 0.29) is 23.4 Å². The average molecular weight is 655 g/mol. The molecule has 3 aromatic carbocycles. The molecule has 0 radical (unpaired) electrons. The van der Waals surface area contributed by atoms with E-state index in [4.69, 9.17) is 23.2 Å². The molecule has 0 aliphatic heterocycles. The van der Waals surface area contributed by atoms with Gasteiger partial charge in [-0.15, -0.1) is 0 Å². The van der Waals surface area contributed by atoms with Gasteiger partial charge in [0.25, 0.3) is 10.0 Å². The highest BCUT2D eigenvalue weighted by Gasteiger charge is 2.34. The number of halogens is 3. The third-order valence-electron chi connectivity index (χ3n) is 5.90. The van der Waals surface area contributed by atoms with Gasteiger partial charge in [0.15, 0.2) is 0 Å². The summed E-state index contributed by atoms with van der Waals surface area (Å²) >= 11 is 15.9. The van der Waals surface area contributed by atoms with Crippen molar-refractivity contribution in [2.24, 2.45) is 0 Å². The molecule has 0 bridgehead atoms. The van der Waals surface area contributed by atoms with Crippen LogP contribution in [0.5, 0.6) is 0 Å². The van der Waals surface area contributed by atoms with Crippen LogP contribution in [0, 0.1) is 0 Å². The monoisotopic (exact) mass is 653 g/mol. The first kappa shape index (κ1) is 30.9. The Balaban J connectivity index is 2.07. The van der Waals surface area contributed by atoms with Crippen LogP contribution in [0.15, 0.2) is 82.2 Å². The van der Waals surface area contributed by atoms with Crippen LogP contribution in [-0.4, -0.2) is 43.8 Å². The number of nitrogens with zero attached hydrogens (tertiary/aromatic N) is 2. The van der Waals surface area contributed by atoms with Crippen molar-refractivity contribution < 1.29 is 18.0 Å². The van der Waals surface area contributed by atoms with Crippen LogP contribution in [0.2, 0.25) is 10.0 Å². The SMILES string of the molecule is CC[C@H](C(=O)NC(C)C)N(Cc1ccc(Cl)cc1Cl)C(=O)CN(c1ccc(Br)cc1)S(=O)(=O)c1ccccc1. The Morgan fingerprint density at radius 3 is 2.18 bits per heavy atom. The largest absolute Gasteiger partial charge is 0.352 e. The van der Waals surface area contributed by atoms with E-state index in [1.54, 1.807) is 67.6 Å². The second kappa shape index (κ2) is 13.7. The fourth-order valence-electron chi connectivity index (χ4n) is 3.99. The summed E-state index contributed by atoms with van der Waals surface area (Å²) in [6.45, 7) is 4.90. The van der Waals surface area contributed by atoms with Gasteiger partial charge in [-0.2, -0.15) is 0 Å². The van der Waals surface area contributed by atoms with Crippen molar-refractivity contribution in [3.05, 3.63) is 92.9 Å². The molecule has 0 heterocycles. The Hall–Kier alpha value is -2.59. The molecule has 0 saturated heterocycles. The molecule has 208 valence electrons. The summed E-state index contributed by atoms with van der Waals surface area (Å²) in [6, 6.07) is 18.4. The van der Waals surface area contributed by atoms with Gasteiger partial charge in [-0.3, -0.25) is 13.9 Å². The number of amides is 2. The third kappa shape index (κ3) is 7.97. The molecular weight excluding hydrogens is 625 g/mol. The fraction of sp³-hybridized carbons (Fsp3) is 0.286. The molecule has 7 nitrogen and oxygen atoms in total. The van der Waals surface area contributed by atoms with Gasteiger partial charge in [0.1, 0.15) is 12.6 Å². The summed E-state index contributed by atoms with van der Waals surface area (Å²) in [6.07, 6.45) is 0.305. The Bertz CT molecular complexity index is 1400. The van der Waals surface area contributed by atoms with Crippen LogP contribution in [-0.2, 0) is 26.2 Å². The number of hydrogen-bond donors (Lipinski definition) is 1. The maximum Gasteiger partial charge on any atom is 0.264 e. The van der Waals surface area contributed by atoms with E-state index >= 15 is 0 Å². The molecule has 0 aliphatic rings. The van der Waals surface area contributed by atoms with Crippen LogP contribution >= 0.6 is 39.1 Å². The smallest absolute Gasteiger partial charge is 0.264 e. The minimum atomic E-state index is -4.13. The third-order valence-corrected chi connectivity index (χ3v) is 8.80. The van der Waals surface area contributed by atoms with E-state index in [2.05, 4.69) is 21.2 Å². The van der Waals surface area contributed by atoms with Crippen molar-refractivity contribution in [3.8, 4) is 0 Å². The molecule has 0 aliphatic carbocycles. The maximum absolute atomic E-state index is 14.0. The number of carbonyl (C=O) groups is 2. The fourth-order valence-corrected chi connectivity index (χ4v) is 6.16. The summed E-state index contributed by atoms with van der Waals surface area (Å²) in [4.78, 5) is 28.6. The van der Waals surface area contributed by atoms with Gasteiger partial charge in [0, 0.05) is 27.1 Å². The average Bonchev–Trinajstić information content (AvgIpc) is 2.89. The quantitative estimate of drug-likeness (QED) is 0.264. The number of rotatable bonds is 11. The van der Waals surface area contributed by atoms with E-state index in [0.29, 0.717) is 27.7 Å². The molecule has 0 spiro atoms. The molecule has 2 amide bonds. The molecule has 1 atom stereocenters. The van der Waals surface area contributed by atoms with Gasteiger partial charge in [-0.1, -0.05) is 70.3 Å². The van der Waals surface area contributed by atoms with Crippen LogP contribution in [0.4, 0.5) is 5.69 Å². The Labute approximate surface area is 248 Å². The number of carbonyl (C=O) groups excluding carboxylic acids is 2. The lowest BCUT2D eigenvalue weighted by Crippen LogP contribution is -2.53. The van der Waals surface area contributed by atoms with E-state index in [9.17, 15) is 18.0 Å².